The van der Waals surface area contributed by atoms with Crippen molar-refractivity contribution >= 4 is 17.8 Å². The van der Waals surface area contributed by atoms with Gasteiger partial charge in [0.05, 0.1) is 5.56 Å². The summed E-state index contributed by atoms with van der Waals surface area (Å²) in [5.74, 6) is -1.99. The number of likely N-dealkylation sites (tertiary alicyclic amines) is 1. The lowest BCUT2D eigenvalue weighted by Crippen LogP contribution is -2.52. The molecule has 3 N–H and O–H groups in total. The minimum absolute atomic E-state index is 0.123. The van der Waals surface area contributed by atoms with Gasteiger partial charge < -0.3 is 20.4 Å². The van der Waals surface area contributed by atoms with Gasteiger partial charge in [-0.05, 0) is 49.5 Å². The Hall–Kier alpha value is -2.88. The Bertz CT molecular complexity index is 766. The molecule has 0 unspecified atom stereocenters. The molecular formula is C19H21F3N2O5. The average Bonchev–Trinajstić information content (AvgIpc) is 2.65. The fourth-order valence-corrected chi connectivity index (χ4v) is 3.43. The number of carbonyl (C=O) groups excluding carboxylic acids is 1. The molecule has 1 aromatic rings. The summed E-state index contributed by atoms with van der Waals surface area (Å²) in [5.41, 5.74) is -0.648. The fourth-order valence-electron chi connectivity index (χ4n) is 3.43. The summed E-state index contributed by atoms with van der Waals surface area (Å²) in [6.45, 7) is 3.00. The fraction of sp³-hybridized carbons (Fsp3) is 0.421. The number of amides is 1. The van der Waals surface area contributed by atoms with E-state index in [1.54, 1.807) is 4.90 Å². The van der Waals surface area contributed by atoms with Crippen molar-refractivity contribution < 1.29 is 37.8 Å². The molecule has 158 valence electrons. The van der Waals surface area contributed by atoms with Crippen molar-refractivity contribution in [1.82, 2.24) is 10.2 Å². The molecule has 29 heavy (non-hydrogen) atoms. The molecule has 2 fully saturated rings. The minimum atomic E-state index is -4.42. The van der Waals surface area contributed by atoms with Crippen molar-refractivity contribution in [2.45, 2.75) is 12.6 Å². The number of nitrogens with one attached hydrogen (secondary N) is 1. The summed E-state index contributed by atoms with van der Waals surface area (Å²) in [7, 11) is 0. The van der Waals surface area contributed by atoms with Crippen molar-refractivity contribution in [2.24, 2.45) is 11.8 Å². The van der Waals surface area contributed by atoms with Crippen molar-refractivity contribution in [2.75, 3.05) is 26.2 Å². The Balaban J connectivity index is 0.000000321. The molecule has 3 rings (SSSR count). The van der Waals surface area contributed by atoms with Gasteiger partial charge in [-0.25, -0.2) is 9.59 Å². The molecule has 0 spiro atoms. The number of rotatable bonds is 3. The Kier molecular flexibility index (Phi) is 7.38. The van der Waals surface area contributed by atoms with Crippen LogP contribution in [-0.4, -0.2) is 59.1 Å². The van der Waals surface area contributed by atoms with Crippen molar-refractivity contribution in [1.29, 1.82) is 0 Å². The van der Waals surface area contributed by atoms with E-state index in [-0.39, 0.29) is 11.5 Å². The van der Waals surface area contributed by atoms with Gasteiger partial charge in [0, 0.05) is 30.8 Å². The molecule has 1 aromatic carbocycles. The van der Waals surface area contributed by atoms with E-state index in [0.29, 0.717) is 37.1 Å². The number of carbonyl (C=O) groups is 3. The van der Waals surface area contributed by atoms with E-state index in [9.17, 15) is 27.6 Å². The number of carboxylic acid groups (broad SMARTS) is 2. The zero-order chi connectivity index (χ0) is 21.6. The van der Waals surface area contributed by atoms with Gasteiger partial charge in [0.2, 0.25) is 0 Å². The van der Waals surface area contributed by atoms with Gasteiger partial charge in [-0.3, -0.25) is 4.79 Å². The summed E-state index contributed by atoms with van der Waals surface area (Å²) in [4.78, 5) is 33.3. The number of hydrogen-bond donors (Lipinski definition) is 3. The zero-order valence-corrected chi connectivity index (χ0v) is 15.4. The number of fused-ring (bicyclic) bond motifs is 2. The standard InChI is InChI=1S/C15H17F3N2O.C4H4O4/c16-15(17,18)13-3-1-2-12(5-13)14(21)20-8-10-4-11(9-20)7-19-6-10;5-3(6)1-2-4(7)8/h1-3,5,10-11,19H,4,6-9H2;1-2H,(H,5,6)(H,7,8)/b;2-1+/t10-,11+;. The van der Waals surface area contributed by atoms with Gasteiger partial charge >= 0.3 is 18.1 Å². The number of aliphatic carboxylic acids is 2. The molecule has 7 nitrogen and oxygen atoms in total. The highest BCUT2D eigenvalue weighted by atomic mass is 19.4. The number of piperidine rings is 2. The zero-order valence-electron chi connectivity index (χ0n) is 15.4. The smallest absolute Gasteiger partial charge is 0.416 e. The second-order valence-electron chi connectivity index (χ2n) is 6.92. The predicted octanol–water partition coefficient (Wildman–Crippen LogP) is 2.10. The van der Waals surface area contributed by atoms with Gasteiger partial charge in [0.1, 0.15) is 0 Å². The number of benzene rings is 1. The second-order valence-corrected chi connectivity index (χ2v) is 6.92. The van der Waals surface area contributed by atoms with Gasteiger partial charge in [-0.15, -0.1) is 0 Å². The Labute approximate surface area is 164 Å². The number of alkyl halides is 3. The molecule has 2 bridgehead atoms. The van der Waals surface area contributed by atoms with E-state index in [4.69, 9.17) is 10.2 Å². The number of halogens is 3. The summed E-state index contributed by atoms with van der Waals surface area (Å²) in [5, 5.41) is 19.0. The third-order valence-corrected chi connectivity index (χ3v) is 4.58. The summed E-state index contributed by atoms with van der Waals surface area (Å²) in [6.07, 6.45) is -2.21. The molecular weight excluding hydrogens is 393 g/mol. The first-order valence-corrected chi connectivity index (χ1v) is 8.87. The molecule has 2 saturated heterocycles. The van der Waals surface area contributed by atoms with Gasteiger partial charge in [-0.2, -0.15) is 13.2 Å². The normalized spacial score (nSPS) is 21.3. The van der Waals surface area contributed by atoms with Crippen LogP contribution in [0.25, 0.3) is 0 Å². The van der Waals surface area contributed by atoms with Crippen LogP contribution in [0.4, 0.5) is 13.2 Å². The lowest BCUT2D eigenvalue weighted by atomic mass is 9.85. The average molecular weight is 414 g/mol. The van der Waals surface area contributed by atoms with Crippen LogP contribution in [0.15, 0.2) is 36.4 Å². The van der Waals surface area contributed by atoms with Crippen molar-refractivity contribution in [3.8, 4) is 0 Å². The summed E-state index contributed by atoms with van der Waals surface area (Å²) in [6, 6.07) is 4.69. The molecule has 2 atom stereocenters. The van der Waals surface area contributed by atoms with E-state index >= 15 is 0 Å². The number of carboxylic acids is 2. The van der Waals surface area contributed by atoms with Crippen molar-refractivity contribution in [3.05, 3.63) is 47.5 Å². The monoisotopic (exact) mass is 414 g/mol. The molecule has 2 heterocycles. The van der Waals surface area contributed by atoms with Gasteiger partial charge in [-0.1, -0.05) is 6.07 Å². The maximum Gasteiger partial charge on any atom is 0.416 e. The van der Waals surface area contributed by atoms with E-state index in [1.165, 1.54) is 12.1 Å². The SMILES string of the molecule is O=C(O)/C=C/C(=O)O.O=C(c1cccc(C(F)(F)F)c1)N1C[C@@H]2CNC[C@@H](C2)C1. The second kappa shape index (κ2) is 9.55. The van der Waals surface area contributed by atoms with Crippen LogP contribution < -0.4 is 5.32 Å². The molecule has 10 heteroatoms. The molecule has 2 aliphatic rings. The minimum Gasteiger partial charge on any atom is -0.478 e. The van der Waals surface area contributed by atoms with Crippen LogP contribution in [0.2, 0.25) is 0 Å². The van der Waals surface area contributed by atoms with E-state index in [0.717, 1.165) is 31.6 Å². The van der Waals surface area contributed by atoms with Crippen LogP contribution in [0, 0.1) is 11.8 Å². The largest absolute Gasteiger partial charge is 0.478 e. The molecule has 1 amide bonds. The highest BCUT2D eigenvalue weighted by Crippen LogP contribution is 2.30. The van der Waals surface area contributed by atoms with Gasteiger partial charge in [0.25, 0.3) is 5.91 Å². The third kappa shape index (κ3) is 6.90. The summed E-state index contributed by atoms with van der Waals surface area (Å²) < 4.78 is 38.2. The molecule has 0 aromatic heterocycles. The molecule has 0 saturated carbocycles. The third-order valence-electron chi connectivity index (χ3n) is 4.58. The van der Waals surface area contributed by atoms with E-state index in [2.05, 4.69) is 5.32 Å². The number of hydrogen-bond acceptors (Lipinski definition) is 4. The molecule has 0 aliphatic carbocycles. The highest BCUT2D eigenvalue weighted by molar-refractivity contribution is 5.94. The van der Waals surface area contributed by atoms with Crippen LogP contribution in [-0.2, 0) is 15.8 Å². The molecule has 0 radical (unpaired) electrons. The Morgan fingerprint density at radius 2 is 1.59 bits per heavy atom. The van der Waals surface area contributed by atoms with Crippen LogP contribution in [0.1, 0.15) is 22.3 Å². The Morgan fingerprint density at radius 1 is 1.03 bits per heavy atom. The van der Waals surface area contributed by atoms with Crippen LogP contribution >= 0.6 is 0 Å². The highest BCUT2D eigenvalue weighted by Gasteiger charge is 2.34. The quantitative estimate of drug-likeness (QED) is 0.654. The predicted molar refractivity (Wildman–Crippen MR) is 96.2 cm³/mol. The maximum absolute atomic E-state index is 12.7. The summed E-state index contributed by atoms with van der Waals surface area (Å²) >= 11 is 0. The number of nitrogens with zero attached hydrogens (tertiary/aromatic N) is 1. The Morgan fingerprint density at radius 3 is 2.07 bits per heavy atom. The molecule has 2 aliphatic heterocycles. The topological polar surface area (TPSA) is 107 Å². The maximum atomic E-state index is 12.7. The first kappa shape index (κ1) is 22.4. The van der Waals surface area contributed by atoms with Crippen LogP contribution in [0.5, 0.6) is 0 Å². The lowest BCUT2D eigenvalue weighted by molar-refractivity contribution is -0.137. The first-order chi connectivity index (χ1) is 13.6. The first-order valence-electron chi connectivity index (χ1n) is 8.87. The van der Waals surface area contributed by atoms with E-state index in [1.807, 2.05) is 0 Å². The van der Waals surface area contributed by atoms with Crippen molar-refractivity contribution in [3.63, 3.8) is 0 Å². The lowest BCUT2D eigenvalue weighted by Gasteiger charge is -2.41. The van der Waals surface area contributed by atoms with E-state index < -0.39 is 23.7 Å². The van der Waals surface area contributed by atoms with Gasteiger partial charge in [0.15, 0.2) is 0 Å². The van der Waals surface area contributed by atoms with Crippen LogP contribution in [0.3, 0.4) is 0 Å².